The van der Waals surface area contributed by atoms with E-state index in [1.165, 1.54) is 10.6 Å². The molecular weight excluding hydrogens is 292 g/mol. The number of hydrogen-bond acceptors (Lipinski definition) is 7. The maximum Gasteiger partial charge on any atom is 0.373 e. The number of carbonyl (C=O) groups is 2. The molecule has 106 valence electrons. The normalized spacial score (nSPS) is 10.6. The predicted octanol–water partition coefficient (Wildman–Crippen LogP) is 0.280. The summed E-state index contributed by atoms with van der Waals surface area (Å²) in [5, 5.41) is 30.2. The highest BCUT2D eigenvalue weighted by Crippen LogP contribution is 2.30. The molecule has 2 N–H and O–H groups in total. The van der Waals surface area contributed by atoms with E-state index in [0.29, 0.717) is 0 Å². The molecular formula is C9H8N4O6S. The summed E-state index contributed by atoms with van der Waals surface area (Å²) in [6, 6.07) is 0. The molecule has 0 amide bonds. The first-order valence-corrected chi connectivity index (χ1v) is 6.06. The van der Waals surface area contributed by atoms with Gasteiger partial charge in [-0.25, -0.2) is 0 Å². The summed E-state index contributed by atoms with van der Waals surface area (Å²) in [5.41, 5.74) is 0. The number of hydrogen-bond donors (Lipinski definition) is 2. The molecule has 0 unspecified atom stereocenters. The Kier molecular flexibility index (Phi) is 3.52. The van der Waals surface area contributed by atoms with Crippen LogP contribution in [0.25, 0.3) is 4.96 Å². The fourth-order valence-corrected chi connectivity index (χ4v) is 2.38. The van der Waals surface area contributed by atoms with Crippen LogP contribution in [0, 0.1) is 10.1 Å². The van der Waals surface area contributed by atoms with Crippen LogP contribution in [0.1, 0.15) is 0 Å². The van der Waals surface area contributed by atoms with Crippen molar-refractivity contribution in [2.75, 3.05) is 18.0 Å². The summed E-state index contributed by atoms with van der Waals surface area (Å²) in [5.74, 6) is -3.34. The van der Waals surface area contributed by atoms with Crippen molar-refractivity contribution in [3.63, 3.8) is 0 Å². The Balaban J connectivity index is 2.53. The Hall–Kier alpha value is -2.69. The number of rotatable bonds is 6. The smallest absolute Gasteiger partial charge is 0.373 e. The number of aliphatic carboxylic acids is 2. The molecule has 2 heterocycles. The second-order valence-corrected chi connectivity index (χ2v) is 4.59. The Morgan fingerprint density at radius 2 is 2.00 bits per heavy atom. The van der Waals surface area contributed by atoms with E-state index in [1.807, 2.05) is 0 Å². The first kappa shape index (κ1) is 13.7. The standard InChI is InChI=1S/C9H8N4O6S/c14-5(15)3-11(4-6(16)17)7-8(13(18)19)12-1-2-20-9(12)10-7/h1-2H,3-4H2,(H,14,15)(H,16,17). The number of carboxylic acid groups (broad SMARTS) is 2. The molecule has 0 aliphatic rings. The molecule has 0 bridgehead atoms. The average Bonchev–Trinajstić information content (AvgIpc) is 2.84. The molecule has 0 radical (unpaired) electrons. The summed E-state index contributed by atoms with van der Waals surface area (Å²) < 4.78 is 1.18. The fourth-order valence-electron chi connectivity index (χ4n) is 1.68. The third kappa shape index (κ3) is 2.51. The maximum atomic E-state index is 11.1. The third-order valence-electron chi connectivity index (χ3n) is 2.34. The zero-order chi connectivity index (χ0) is 14.9. The molecule has 0 spiro atoms. The summed E-state index contributed by atoms with van der Waals surface area (Å²) in [6.07, 6.45) is 1.41. The lowest BCUT2D eigenvalue weighted by atomic mass is 10.4. The van der Waals surface area contributed by atoms with Crippen LogP contribution in [0.2, 0.25) is 0 Å². The van der Waals surface area contributed by atoms with Gasteiger partial charge in [-0.05, 0) is 4.92 Å². The van der Waals surface area contributed by atoms with Crippen molar-refractivity contribution >= 4 is 39.9 Å². The summed E-state index contributed by atoms with van der Waals surface area (Å²) in [7, 11) is 0. The molecule has 0 aliphatic carbocycles. The number of aromatic nitrogens is 2. The Morgan fingerprint density at radius 3 is 2.50 bits per heavy atom. The van der Waals surface area contributed by atoms with Gasteiger partial charge in [0.25, 0.3) is 4.96 Å². The van der Waals surface area contributed by atoms with Gasteiger partial charge in [0.2, 0.25) is 5.82 Å². The highest BCUT2D eigenvalue weighted by Gasteiger charge is 2.30. The van der Waals surface area contributed by atoms with Crippen LogP contribution in [-0.4, -0.2) is 49.5 Å². The highest BCUT2D eigenvalue weighted by molar-refractivity contribution is 7.15. The van der Waals surface area contributed by atoms with E-state index in [2.05, 4.69) is 4.98 Å². The molecule has 0 saturated carbocycles. The minimum absolute atomic E-state index is 0.272. The number of nitro groups is 1. The molecule has 0 fully saturated rings. The van der Waals surface area contributed by atoms with Crippen molar-refractivity contribution in [3.05, 3.63) is 21.7 Å². The third-order valence-corrected chi connectivity index (χ3v) is 3.10. The molecule has 0 atom stereocenters. The molecule has 0 aliphatic heterocycles. The monoisotopic (exact) mass is 300 g/mol. The van der Waals surface area contributed by atoms with Gasteiger partial charge >= 0.3 is 17.8 Å². The van der Waals surface area contributed by atoms with Crippen molar-refractivity contribution in [2.24, 2.45) is 0 Å². The summed E-state index contributed by atoms with van der Waals surface area (Å²) in [6.45, 7) is -1.39. The van der Waals surface area contributed by atoms with Crippen molar-refractivity contribution in [2.45, 2.75) is 0 Å². The lowest BCUT2D eigenvalue weighted by Crippen LogP contribution is -2.35. The van der Waals surface area contributed by atoms with E-state index >= 15 is 0 Å². The van der Waals surface area contributed by atoms with Crippen LogP contribution in [0.4, 0.5) is 11.6 Å². The zero-order valence-electron chi connectivity index (χ0n) is 9.79. The number of imidazole rings is 1. The maximum absolute atomic E-state index is 11.1. The van der Waals surface area contributed by atoms with Gasteiger partial charge in [0.15, 0.2) is 0 Å². The summed E-state index contributed by atoms with van der Waals surface area (Å²) in [4.78, 5) is 37.0. The van der Waals surface area contributed by atoms with Gasteiger partial charge in [0.1, 0.15) is 19.3 Å². The zero-order valence-corrected chi connectivity index (χ0v) is 10.6. The van der Waals surface area contributed by atoms with Crippen molar-refractivity contribution in [3.8, 4) is 0 Å². The van der Waals surface area contributed by atoms with Gasteiger partial charge < -0.3 is 25.2 Å². The predicted molar refractivity (Wildman–Crippen MR) is 67.2 cm³/mol. The molecule has 11 heteroatoms. The van der Waals surface area contributed by atoms with E-state index in [9.17, 15) is 19.7 Å². The molecule has 20 heavy (non-hydrogen) atoms. The van der Waals surface area contributed by atoms with Crippen molar-refractivity contribution < 1.29 is 24.7 Å². The first-order chi connectivity index (χ1) is 9.40. The second-order valence-electron chi connectivity index (χ2n) is 3.72. The van der Waals surface area contributed by atoms with Gasteiger partial charge in [-0.2, -0.15) is 9.38 Å². The largest absolute Gasteiger partial charge is 0.480 e. The van der Waals surface area contributed by atoms with E-state index < -0.39 is 35.8 Å². The van der Waals surface area contributed by atoms with Crippen LogP contribution in [0.5, 0.6) is 0 Å². The van der Waals surface area contributed by atoms with Gasteiger partial charge in [0, 0.05) is 5.38 Å². The van der Waals surface area contributed by atoms with Gasteiger partial charge in [-0.3, -0.25) is 9.59 Å². The molecule has 2 aromatic heterocycles. The lowest BCUT2D eigenvalue weighted by molar-refractivity contribution is -0.389. The summed E-state index contributed by atoms with van der Waals surface area (Å²) >= 11 is 1.12. The number of anilines is 1. The van der Waals surface area contributed by atoms with E-state index in [0.717, 1.165) is 16.2 Å². The number of fused-ring (bicyclic) bond motifs is 1. The molecule has 0 saturated heterocycles. The van der Waals surface area contributed by atoms with Gasteiger partial charge in [0.05, 0.1) is 0 Å². The van der Waals surface area contributed by atoms with E-state index in [4.69, 9.17) is 10.2 Å². The second kappa shape index (κ2) is 5.13. The Bertz CT molecular complexity index is 676. The molecule has 0 aromatic carbocycles. The van der Waals surface area contributed by atoms with Crippen LogP contribution in [-0.2, 0) is 9.59 Å². The highest BCUT2D eigenvalue weighted by atomic mass is 32.1. The molecule has 10 nitrogen and oxygen atoms in total. The topological polar surface area (TPSA) is 138 Å². The fraction of sp³-hybridized carbons (Fsp3) is 0.222. The van der Waals surface area contributed by atoms with Crippen LogP contribution < -0.4 is 4.90 Å². The average molecular weight is 300 g/mol. The van der Waals surface area contributed by atoms with Crippen molar-refractivity contribution in [1.29, 1.82) is 0 Å². The molecule has 2 aromatic rings. The van der Waals surface area contributed by atoms with Crippen LogP contribution >= 0.6 is 11.3 Å². The molecule has 2 rings (SSSR count). The minimum atomic E-state index is -1.31. The Labute approximate surface area is 114 Å². The number of thiazole rings is 1. The first-order valence-electron chi connectivity index (χ1n) is 5.18. The minimum Gasteiger partial charge on any atom is -0.480 e. The van der Waals surface area contributed by atoms with E-state index in [1.54, 1.807) is 5.38 Å². The Morgan fingerprint density at radius 1 is 1.40 bits per heavy atom. The van der Waals surface area contributed by atoms with E-state index in [-0.39, 0.29) is 10.8 Å². The van der Waals surface area contributed by atoms with Crippen molar-refractivity contribution in [1.82, 2.24) is 9.38 Å². The van der Waals surface area contributed by atoms with Gasteiger partial charge in [-0.1, -0.05) is 11.3 Å². The number of nitrogens with zero attached hydrogens (tertiary/aromatic N) is 4. The van der Waals surface area contributed by atoms with Crippen LogP contribution in [0.3, 0.4) is 0 Å². The van der Waals surface area contributed by atoms with Crippen LogP contribution in [0.15, 0.2) is 11.6 Å². The SMILES string of the molecule is O=C(O)CN(CC(=O)O)c1nc2sccn2c1[N+](=O)[O-]. The number of carboxylic acids is 2. The van der Waals surface area contributed by atoms with Gasteiger partial charge in [-0.15, -0.1) is 0 Å². The lowest BCUT2D eigenvalue weighted by Gasteiger charge is -2.16. The quantitative estimate of drug-likeness (QED) is 0.573.